The Hall–Kier alpha value is -4.17. The lowest BCUT2D eigenvalue weighted by molar-refractivity contribution is -0.387. The van der Waals surface area contributed by atoms with Gasteiger partial charge in [-0.15, -0.1) is 0 Å². The maximum absolute atomic E-state index is 15.1. The molecule has 5 rings (SSSR count). The molecule has 1 unspecified atom stereocenters. The minimum absolute atomic E-state index is 0.0587. The van der Waals surface area contributed by atoms with Crippen molar-refractivity contribution in [2.45, 2.75) is 134 Å². The number of fused-ring (bicyclic) bond motifs is 2. The summed E-state index contributed by atoms with van der Waals surface area (Å²) < 4.78 is 50.4. The van der Waals surface area contributed by atoms with Crippen molar-refractivity contribution in [3.63, 3.8) is 0 Å². The summed E-state index contributed by atoms with van der Waals surface area (Å²) in [7, 11) is 0. The van der Waals surface area contributed by atoms with Gasteiger partial charge in [0.25, 0.3) is 0 Å². The van der Waals surface area contributed by atoms with Gasteiger partial charge in [-0.05, 0) is 79.0 Å². The molecular weight excluding hydrogens is 708 g/mol. The molecule has 0 aromatic heterocycles. The largest absolute Gasteiger partial charge is 0.458 e. The lowest BCUT2D eigenvalue weighted by atomic mass is 9.74. The predicted molar refractivity (Wildman–Crippen MR) is 200 cm³/mol. The molecule has 0 amide bonds. The summed E-state index contributed by atoms with van der Waals surface area (Å²) in [5, 5.41) is 13.2. The number of carbonyl (C=O) groups excluding carboxylic acids is 3. The van der Waals surface area contributed by atoms with Crippen molar-refractivity contribution in [2.24, 2.45) is 0 Å². The van der Waals surface area contributed by atoms with Crippen LogP contribution < -0.4 is 0 Å². The van der Waals surface area contributed by atoms with Crippen molar-refractivity contribution in [2.75, 3.05) is 6.61 Å². The number of esters is 3. The zero-order valence-corrected chi connectivity index (χ0v) is 33.2. The van der Waals surface area contributed by atoms with E-state index in [9.17, 15) is 14.7 Å². The molecule has 3 aromatic rings. The van der Waals surface area contributed by atoms with Gasteiger partial charge in [-0.25, -0.2) is 14.4 Å². The highest BCUT2D eigenvalue weighted by atomic mass is 16.8. The third-order valence-electron chi connectivity index (χ3n) is 8.70. The van der Waals surface area contributed by atoms with E-state index in [0.717, 1.165) is 11.1 Å². The number of benzene rings is 3. The van der Waals surface area contributed by atoms with Gasteiger partial charge in [0.15, 0.2) is 0 Å². The molecule has 6 atom stereocenters. The van der Waals surface area contributed by atoms with Gasteiger partial charge in [-0.2, -0.15) is 0 Å². The fourth-order valence-electron chi connectivity index (χ4n) is 6.52. The topological polar surface area (TPSA) is 145 Å². The minimum Gasteiger partial charge on any atom is -0.458 e. The van der Waals surface area contributed by atoms with E-state index in [4.69, 9.17) is 37.9 Å². The number of carbonyl (C=O) groups is 3. The molecule has 0 spiro atoms. The predicted octanol–water partition coefficient (Wildman–Crippen LogP) is 5.99. The summed E-state index contributed by atoms with van der Waals surface area (Å²) >= 11 is 0. The van der Waals surface area contributed by atoms with E-state index in [1.165, 1.54) is 0 Å². The molecule has 0 radical (unpaired) electrons. The van der Waals surface area contributed by atoms with Crippen LogP contribution in [0.4, 0.5) is 0 Å². The Bertz CT molecular complexity index is 1760. The number of aliphatic hydroxyl groups is 1. The van der Waals surface area contributed by atoms with Crippen LogP contribution in [0.3, 0.4) is 0 Å². The van der Waals surface area contributed by atoms with Gasteiger partial charge in [-0.3, -0.25) is 0 Å². The standard InChI is InChI=1S/C43H54O12/c1-38(2,3)52-35(44)34-42(47,36(45)53-39(4,5)6)43(37(46)54-40(7,8)9)33(50-27-31-23-17-12-18-24-31)32(49-26-30-21-15-11-16-22-30)41(51-34,55-43)28-48-25-29-19-13-10-14-20-29/h10-24,32-34,47H,25-28H2,1-9H3/t32-,33-,34-,41?,42-,43+/m1/s1. The first kappa shape index (κ1) is 42.0. The Morgan fingerprint density at radius 2 is 1.02 bits per heavy atom. The minimum atomic E-state index is -3.28. The molecule has 12 nitrogen and oxygen atoms in total. The molecular formula is C43H54O12. The van der Waals surface area contributed by atoms with Crippen LogP contribution in [-0.2, 0) is 72.1 Å². The normalized spacial score (nSPS) is 26.6. The first-order chi connectivity index (χ1) is 25.7. The summed E-state index contributed by atoms with van der Waals surface area (Å²) in [6.07, 6.45) is -5.37. The van der Waals surface area contributed by atoms with E-state index < -0.39 is 76.6 Å². The van der Waals surface area contributed by atoms with Gasteiger partial charge < -0.3 is 43.0 Å². The van der Waals surface area contributed by atoms with Gasteiger partial charge in [0.05, 0.1) is 19.8 Å². The first-order valence-electron chi connectivity index (χ1n) is 18.4. The Labute approximate surface area is 323 Å². The lowest BCUT2D eigenvalue weighted by Crippen LogP contribution is -2.79. The van der Waals surface area contributed by atoms with Crippen LogP contribution >= 0.6 is 0 Å². The Kier molecular flexibility index (Phi) is 12.3. The molecule has 55 heavy (non-hydrogen) atoms. The highest BCUT2D eigenvalue weighted by Crippen LogP contribution is 2.57. The molecule has 2 fully saturated rings. The highest BCUT2D eigenvalue weighted by Gasteiger charge is 2.86. The molecule has 2 bridgehead atoms. The molecule has 0 aliphatic carbocycles. The maximum Gasteiger partial charge on any atom is 0.346 e. The van der Waals surface area contributed by atoms with Crippen molar-refractivity contribution in [1.29, 1.82) is 0 Å². The quantitative estimate of drug-likeness (QED) is 0.161. The zero-order chi connectivity index (χ0) is 40.3. The molecule has 0 saturated carbocycles. The third-order valence-corrected chi connectivity index (χ3v) is 8.70. The van der Waals surface area contributed by atoms with Crippen molar-refractivity contribution in [1.82, 2.24) is 0 Å². The summed E-state index contributed by atoms with van der Waals surface area (Å²) in [6, 6.07) is 27.6. The van der Waals surface area contributed by atoms with Gasteiger partial charge in [0, 0.05) is 0 Å². The number of hydrogen-bond donors (Lipinski definition) is 1. The fraction of sp³-hybridized carbons (Fsp3) is 0.512. The van der Waals surface area contributed by atoms with Crippen molar-refractivity contribution < 1.29 is 57.4 Å². The molecule has 1 N–H and O–H groups in total. The van der Waals surface area contributed by atoms with E-state index in [1.807, 2.05) is 78.9 Å². The van der Waals surface area contributed by atoms with Gasteiger partial charge in [0.1, 0.15) is 35.6 Å². The van der Waals surface area contributed by atoms with Crippen LogP contribution in [0.2, 0.25) is 0 Å². The van der Waals surface area contributed by atoms with Gasteiger partial charge in [0.2, 0.25) is 23.1 Å². The summed E-state index contributed by atoms with van der Waals surface area (Å²) in [6.45, 7) is 13.8. The Morgan fingerprint density at radius 1 is 0.600 bits per heavy atom. The second kappa shape index (κ2) is 16.1. The third kappa shape index (κ3) is 9.45. The van der Waals surface area contributed by atoms with Crippen LogP contribution in [0.15, 0.2) is 91.0 Å². The first-order valence-corrected chi connectivity index (χ1v) is 18.4. The van der Waals surface area contributed by atoms with Crippen molar-refractivity contribution in [3.05, 3.63) is 108 Å². The fourth-order valence-corrected chi connectivity index (χ4v) is 6.52. The molecule has 2 aliphatic heterocycles. The van der Waals surface area contributed by atoms with Crippen molar-refractivity contribution >= 4 is 17.9 Å². The zero-order valence-electron chi connectivity index (χ0n) is 33.2. The average molecular weight is 763 g/mol. The Morgan fingerprint density at radius 3 is 1.47 bits per heavy atom. The van der Waals surface area contributed by atoms with E-state index in [0.29, 0.717) is 5.56 Å². The van der Waals surface area contributed by atoms with Gasteiger partial charge >= 0.3 is 17.9 Å². The summed E-state index contributed by atoms with van der Waals surface area (Å²) in [5.74, 6) is -5.98. The molecule has 2 heterocycles. The molecule has 12 heteroatoms. The summed E-state index contributed by atoms with van der Waals surface area (Å²) in [5.41, 5.74) is -7.46. The number of hydrogen-bond acceptors (Lipinski definition) is 12. The van der Waals surface area contributed by atoms with E-state index in [2.05, 4.69) is 0 Å². The SMILES string of the molecule is CC(C)(C)OC(=O)[C@H]1OC2(COCc3ccccc3)O[C@](C(=O)OC(C)(C)C)([C@H](OCc3ccccc3)[C@H]2OCc2ccccc2)[C@]1(O)C(=O)OC(C)(C)C. The van der Waals surface area contributed by atoms with Crippen molar-refractivity contribution in [3.8, 4) is 0 Å². The smallest absolute Gasteiger partial charge is 0.346 e. The lowest BCUT2D eigenvalue weighted by Gasteiger charge is -2.51. The van der Waals surface area contributed by atoms with Crippen LogP contribution in [0.5, 0.6) is 0 Å². The maximum atomic E-state index is 15.1. The van der Waals surface area contributed by atoms with E-state index >= 15 is 4.79 Å². The monoisotopic (exact) mass is 762 g/mol. The van der Waals surface area contributed by atoms with Crippen LogP contribution in [0.25, 0.3) is 0 Å². The Balaban J connectivity index is 1.77. The van der Waals surface area contributed by atoms with E-state index in [1.54, 1.807) is 74.4 Å². The van der Waals surface area contributed by atoms with Crippen LogP contribution in [0, 0.1) is 0 Å². The molecule has 298 valence electrons. The van der Waals surface area contributed by atoms with Gasteiger partial charge in [-0.1, -0.05) is 91.0 Å². The van der Waals surface area contributed by atoms with Crippen LogP contribution in [0.1, 0.15) is 79.0 Å². The molecule has 3 aromatic carbocycles. The number of ether oxygens (including phenoxy) is 8. The second-order valence-electron chi connectivity index (χ2n) is 16.9. The van der Waals surface area contributed by atoms with Crippen LogP contribution in [-0.4, -0.2) is 81.7 Å². The second-order valence-corrected chi connectivity index (χ2v) is 16.9. The number of rotatable bonds is 13. The average Bonchev–Trinajstić information content (AvgIpc) is 3.34. The van der Waals surface area contributed by atoms with E-state index in [-0.39, 0.29) is 19.8 Å². The summed E-state index contributed by atoms with van der Waals surface area (Å²) in [4.78, 5) is 44.3. The molecule has 2 aliphatic rings. The molecule has 2 saturated heterocycles. The highest BCUT2D eigenvalue weighted by molar-refractivity contribution is 5.99.